The lowest BCUT2D eigenvalue weighted by Gasteiger charge is -2.24. The summed E-state index contributed by atoms with van der Waals surface area (Å²) in [6.45, 7) is -1.19. The molecule has 796 valence electrons. The van der Waals surface area contributed by atoms with Crippen molar-refractivity contribution in [3.63, 3.8) is 0 Å². The van der Waals surface area contributed by atoms with Crippen LogP contribution in [0.2, 0.25) is 0 Å². The van der Waals surface area contributed by atoms with Crippen molar-refractivity contribution in [1.29, 1.82) is 0 Å². The molecule has 0 bridgehead atoms. The van der Waals surface area contributed by atoms with Crippen LogP contribution in [0.15, 0.2) is 243 Å². The fraction of sp³-hybridized carbons (Fsp3) is 0.291. The van der Waals surface area contributed by atoms with Crippen LogP contribution in [-0.4, -0.2) is 221 Å². The number of hydrogen-bond donors (Lipinski definition) is 17. The van der Waals surface area contributed by atoms with Crippen molar-refractivity contribution in [1.82, 2.24) is 10.8 Å². The maximum Gasteiger partial charge on any atom is 0.419 e. The minimum atomic E-state index is -2.60. The number of carboxylic acid groups (broad SMARTS) is 1. The van der Waals surface area contributed by atoms with Gasteiger partial charge in [-0.3, -0.25) is 67.3 Å². The van der Waals surface area contributed by atoms with E-state index < -0.39 is 132 Å². The predicted octanol–water partition coefficient (Wildman–Crippen LogP) is 15.7. The minimum absolute atomic E-state index is 0.00603. The highest BCUT2D eigenvalue weighted by atomic mass is 32.2. The number of aliphatic hydroxyl groups is 2. The highest BCUT2D eigenvalue weighted by molar-refractivity contribution is 7.79. The molecule has 10 amide bonds. The molecule has 0 aliphatic rings. The number of unbranched alkanes of at least 4 members (excludes halogenated alkanes) is 2. The van der Waals surface area contributed by atoms with Crippen LogP contribution >= 0.6 is 0 Å². The van der Waals surface area contributed by atoms with Crippen LogP contribution in [0.5, 0.6) is 0 Å². The first kappa shape index (κ1) is 115. The number of carbonyl (C=O) groups is 13. The van der Waals surface area contributed by atoms with Gasteiger partial charge in [0, 0.05) is 82.7 Å². The molecule has 150 heavy (non-hydrogen) atoms. The van der Waals surface area contributed by atoms with Crippen LogP contribution < -0.4 is 64.0 Å². The predicted molar refractivity (Wildman–Crippen MR) is 549 cm³/mol. The first-order valence-electron chi connectivity index (χ1n) is 46.8. The summed E-state index contributed by atoms with van der Waals surface area (Å²) in [5.41, 5.74) is 11.6. The Hall–Kier alpha value is -16.5. The number of nitrogens with one attached hydrogen (secondary N) is 12. The van der Waals surface area contributed by atoms with Crippen LogP contribution in [-0.2, 0) is 130 Å². The lowest BCUT2D eigenvalue weighted by atomic mass is 10.0. The van der Waals surface area contributed by atoms with Gasteiger partial charge in [0.15, 0.2) is 11.1 Å². The molecule has 10 rings (SSSR count). The summed E-state index contributed by atoms with van der Waals surface area (Å²) in [7, 11) is 0. The van der Waals surface area contributed by atoms with E-state index in [9.17, 15) is 86.1 Å². The number of carbonyl (C=O) groups excluding carboxylic acids is 12. The molecule has 47 heteroatoms. The molecule has 0 saturated carbocycles. The van der Waals surface area contributed by atoms with Crippen molar-refractivity contribution < 1.29 is 156 Å². The third kappa shape index (κ3) is 46.1. The summed E-state index contributed by atoms with van der Waals surface area (Å²) in [4.78, 5) is 164. The molecule has 17 N–H and O–H groups in total. The van der Waals surface area contributed by atoms with Gasteiger partial charge in [0.25, 0.3) is 0 Å². The number of benzene rings is 10. The van der Waals surface area contributed by atoms with Gasteiger partial charge in [-0.1, -0.05) is 121 Å². The average molecular weight is 2110 g/mol. The molecular weight excluding hydrogens is 2000 g/mol. The first-order chi connectivity index (χ1) is 72.3. The average Bonchev–Trinajstić information content (AvgIpc) is 0.839. The van der Waals surface area contributed by atoms with E-state index in [0.717, 1.165) is 57.0 Å². The lowest BCUT2D eigenvalue weighted by Crippen LogP contribution is -2.46. The van der Waals surface area contributed by atoms with Crippen LogP contribution in [0.3, 0.4) is 0 Å². The van der Waals surface area contributed by atoms with Crippen molar-refractivity contribution >= 4 is 158 Å². The number of esters is 2. The zero-order chi connectivity index (χ0) is 107. The van der Waals surface area contributed by atoms with E-state index in [1.807, 2.05) is 42.5 Å². The Bertz CT molecular complexity index is 6290. The number of anilines is 10. The third-order valence-electron chi connectivity index (χ3n) is 20.8. The summed E-state index contributed by atoms with van der Waals surface area (Å²) < 4.78 is 106. The number of rotatable bonds is 56. The molecule has 45 nitrogen and oxygen atoms in total. The fourth-order valence-corrected chi connectivity index (χ4v) is 14.4. The van der Waals surface area contributed by atoms with Gasteiger partial charge in [-0.15, -0.1) is 0 Å². The first-order valence-corrected chi connectivity index (χ1v) is 49.1. The molecule has 10 aromatic carbocycles. The molecule has 0 saturated heterocycles. The monoisotopic (exact) mass is 2110 g/mol. The van der Waals surface area contributed by atoms with E-state index >= 15 is 0 Å². The van der Waals surface area contributed by atoms with Gasteiger partial charge in [0.1, 0.15) is 45.2 Å². The number of carboxylic acids is 1. The second-order valence-corrected chi connectivity index (χ2v) is 34.8. The highest BCUT2D eigenvalue weighted by Crippen LogP contribution is 2.27. The van der Waals surface area contributed by atoms with E-state index in [1.165, 1.54) is 0 Å². The quantitative estimate of drug-likeness (QED) is 0.00420. The third-order valence-corrected chi connectivity index (χ3v) is 21.5. The van der Waals surface area contributed by atoms with Crippen LogP contribution in [0.4, 0.5) is 105 Å². The van der Waals surface area contributed by atoms with E-state index in [1.54, 1.807) is 200 Å². The van der Waals surface area contributed by atoms with Gasteiger partial charge < -0.3 is 82.0 Å². The number of ether oxygens (including phenoxy) is 12. The van der Waals surface area contributed by atoms with Crippen molar-refractivity contribution in [3.05, 3.63) is 298 Å². The molecule has 0 spiro atoms. The number of aliphatic carboxylic acids is 1. The Morgan fingerprint density at radius 2 is 0.573 bits per heavy atom. The van der Waals surface area contributed by atoms with Crippen LogP contribution in [0.1, 0.15) is 108 Å². The van der Waals surface area contributed by atoms with Gasteiger partial charge in [-0.05, 0) is 242 Å². The normalized spacial score (nSPS) is 12.0. The maximum atomic E-state index is 13.1. The van der Waals surface area contributed by atoms with Crippen LogP contribution in [0.25, 0.3) is 0 Å². The standard InChI is InChI=1S/C103H114N12O33S2/c1-103(92(120)121,147-102(131)115-87-36-15-26-77(61-87)51-74-23-12-33-84(58-74)112-99(128)144-65-89(117)63-105-148-150(134)135)66-145-100(129)113-85-34-13-24-75(59-85)49-70-18-7-28-79(53-70)107-94(123)139-40-5-4-39-138-93(122)106-78-27-6-17-68(52-78)47-71-21-10-31-82(56-71)110-97(126)142-46-44-136-43-45-137-90(118)37-2-3-38-91(119)146-101(130)114-86-35-14-25-76(60-86)50-72-20-9-30-81(55-72)109-96(125)141-42-16-41-140-95(124)108-80-29-8-19-69(54-80)48-73-22-11-32-83(57-73)111-98(127)143-64-88(116)62-104-67-149(132)133/h6-15,17-36,52-61,88-89,104-105,116-117H,2-5,16,37-51,62-67H2,1H3,(H,106,122)(H,107,123)(H,108,124)(H,109,125)(H,110,126)(H,111,127)(H,112,128)(H,113,129)(H,114,130)(H,115,131)(H,120,121)(H,132,133)(H,134,135). The minimum Gasteiger partial charge on any atom is -0.478 e. The molecule has 10 aromatic rings. The van der Waals surface area contributed by atoms with Gasteiger partial charge in [0.2, 0.25) is 5.60 Å². The molecule has 0 radical (unpaired) electrons. The molecule has 0 aliphatic carbocycles. The van der Waals surface area contributed by atoms with Crippen molar-refractivity contribution in [3.8, 4) is 0 Å². The number of hydrogen-bond acceptors (Lipinski definition) is 32. The van der Waals surface area contributed by atoms with Gasteiger partial charge in [-0.25, -0.2) is 56.9 Å². The molecule has 0 heterocycles. The fourth-order valence-electron chi connectivity index (χ4n) is 14.0. The zero-order valence-corrected chi connectivity index (χ0v) is 82.7. The van der Waals surface area contributed by atoms with E-state index in [2.05, 4.69) is 68.2 Å². The van der Waals surface area contributed by atoms with E-state index in [4.69, 9.17) is 65.9 Å². The van der Waals surface area contributed by atoms with Crippen LogP contribution in [0, 0.1) is 0 Å². The maximum absolute atomic E-state index is 13.1. The molecule has 0 aromatic heterocycles. The Morgan fingerprint density at radius 1 is 0.307 bits per heavy atom. The molecule has 0 aliphatic heterocycles. The zero-order valence-electron chi connectivity index (χ0n) is 81.1. The Labute approximate surface area is 865 Å². The van der Waals surface area contributed by atoms with Crippen molar-refractivity contribution in [2.24, 2.45) is 0 Å². The summed E-state index contributed by atoms with van der Waals surface area (Å²) in [5, 5.41) is 58.6. The van der Waals surface area contributed by atoms with Gasteiger partial charge in [-0.2, -0.15) is 14.0 Å². The Kier molecular flexibility index (Phi) is 48.1. The van der Waals surface area contributed by atoms with E-state index in [0.29, 0.717) is 102 Å². The SMILES string of the molecule is CC(COC(=O)Nc1cccc(Cc2cccc(NC(=O)OCCCCOC(=O)Nc3cccc(Cc4cccc(NC(=O)OCCOCCOC(=O)CCCCC(=O)OC(=O)Nc5cccc(Cc6cccc(NC(=O)OCCCOC(=O)Nc7cccc(Cc8cccc(NC(=O)OCC(O)CNCS(=O)O)c8)c7)c6)c5)c4)c3)c2)c1)(OC(=O)Nc1cccc(Cc2cccc(NC(=O)OCC(O)CNOS(=O)O)c2)c1)C(=O)O. The number of amides is 10. The summed E-state index contributed by atoms with van der Waals surface area (Å²) in [6, 6.07) is 69.1. The lowest BCUT2D eigenvalue weighted by molar-refractivity contribution is -0.160. The largest absolute Gasteiger partial charge is 0.478 e. The van der Waals surface area contributed by atoms with Crippen molar-refractivity contribution in [2.75, 3.05) is 145 Å². The number of hydroxylamine groups is 1. The second kappa shape index (κ2) is 62.5. The van der Waals surface area contributed by atoms with Gasteiger partial charge in [0.05, 0.1) is 52.1 Å². The van der Waals surface area contributed by atoms with Crippen molar-refractivity contribution in [2.45, 2.75) is 102 Å². The summed E-state index contributed by atoms with van der Waals surface area (Å²) in [6.07, 6.45) is -7.59. The second-order valence-electron chi connectivity index (χ2n) is 33.3. The molecular formula is C103H114N12O33S2. The topological polar surface area (TPSA) is 622 Å². The smallest absolute Gasteiger partial charge is 0.419 e. The highest BCUT2D eigenvalue weighted by Gasteiger charge is 2.40. The summed E-state index contributed by atoms with van der Waals surface area (Å²) >= 11 is -4.68. The Morgan fingerprint density at radius 3 is 0.880 bits per heavy atom. The molecule has 5 unspecified atom stereocenters. The Balaban J connectivity index is 0.512. The van der Waals surface area contributed by atoms with E-state index in [-0.39, 0.29) is 116 Å². The van der Waals surface area contributed by atoms with Gasteiger partial charge >= 0.3 is 90.2 Å². The summed E-state index contributed by atoms with van der Waals surface area (Å²) in [5.74, 6) is -3.18. The molecule has 0 fully saturated rings. The molecule has 5 atom stereocenters. The number of aliphatic hydroxyl groups excluding tert-OH is 2.